The summed E-state index contributed by atoms with van der Waals surface area (Å²) in [5.41, 5.74) is 1.01. The molecule has 1 aliphatic rings. The van der Waals surface area contributed by atoms with E-state index in [0.29, 0.717) is 12.5 Å². The third kappa shape index (κ3) is 12.6. The molecule has 0 radical (unpaired) electrons. The summed E-state index contributed by atoms with van der Waals surface area (Å²) >= 11 is 0. The van der Waals surface area contributed by atoms with Crippen LogP contribution in [0.25, 0.3) is 0 Å². The molecule has 0 spiro atoms. The molecule has 0 N–H and O–H groups in total. The first kappa shape index (κ1) is 38.0. The van der Waals surface area contributed by atoms with Gasteiger partial charge in [0.25, 0.3) is 0 Å². The highest BCUT2D eigenvalue weighted by Gasteiger charge is 2.46. The Balaban J connectivity index is 2.19. The van der Waals surface area contributed by atoms with E-state index in [2.05, 4.69) is 111 Å². The van der Waals surface area contributed by atoms with Crippen molar-refractivity contribution in [3.8, 4) is 0 Å². The van der Waals surface area contributed by atoms with Gasteiger partial charge < -0.3 is 13.6 Å². The van der Waals surface area contributed by atoms with Crippen LogP contribution < -0.4 is 0 Å². The van der Waals surface area contributed by atoms with Gasteiger partial charge in [0.1, 0.15) is 18.2 Å². The number of nitrogens with zero attached hydrogens (tertiary/aromatic N) is 1. The largest absolute Gasteiger partial charge is 0.467 e. The molecule has 0 saturated heterocycles. The quantitative estimate of drug-likeness (QED) is 0.0921. The smallest absolute Gasteiger partial charge is 0.217 e. The van der Waals surface area contributed by atoms with Crippen molar-refractivity contribution in [1.82, 2.24) is 0 Å². The van der Waals surface area contributed by atoms with E-state index >= 15 is 0 Å². The van der Waals surface area contributed by atoms with Crippen molar-refractivity contribution in [1.29, 1.82) is 0 Å². The van der Waals surface area contributed by atoms with Crippen molar-refractivity contribution in [3.63, 3.8) is 0 Å². The Hall–Kier alpha value is -1.22. The lowest BCUT2D eigenvalue weighted by molar-refractivity contribution is 0.0190. The molecule has 0 unspecified atom stereocenters. The maximum absolute atomic E-state index is 7.15. The fourth-order valence-electron chi connectivity index (χ4n) is 4.83. The minimum Gasteiger partial charge on any atom is -0.467 e. The van der Waals surface area contributed by atoms with Gasteiger partial charge in [-0.1, -0.05) is 131 Å². The minimum atomic E-state index is -2.10. The molecular weight excluding hydrogens is 563 g/mol. The Morgan fingerprint density at radius 1 is 0.767 bits per heavy atom. The van der Waals surface area contributed by atoms with Crippen molar-refractivity contribution < 1.29 is 13.6 Å². The lowest BCUT2D eigenvalue weighted by atomic mass is 10.0. The zero-order valence-corrected chi connectivity index (χ0v) is 31.9. The van der Waals surface area contributed by atoms with Crippen LogP contribution in [0.15, 0.2) is 47.5 Å². The van der Waals surface area contributed by atoms with Crippen molar-refractivity contribution >= 4 is 22.5 Å². The fraction of sp³-hybridized carbons (Fsp3) is 0.757. The van der Waals surface area contributed by atoms with Gasteiger partial charge in [-0.15, -0.1) is 0 Å². The Bertz CT molecular complexity index is 976. The molecule has 6 heteroatoms. The van der Waals surface area contributed by atoms with Gasteiger partial charge in [0, 0.05) is 5.56 Å². The fourth-order valence-corrected chi connectivity index (χ4v) is 7.17. The van der Waals surface area contributed by atoms with E-state index in [1.165, 1.54) is 64.2 Å². The van der Waals surface area contributed by atoms with Gasteiger partial charge in [-0.25, -0.2) is 4.99 Å². The van der Waals surface area contributed by atoms with E-state index in [-0.39, 0.29) is 28.3 Å². The summed E-state index contributed by atoms with van der Waals surface area (Å²) in [7, 11) is -4.07. The standard InChI is InChI=1S/C37H67NO3Si2/c1-12-13-14-15-16-17-18-19-20-21-22-26-29-33-34(41-43(10,11)37(5,6)7)32(30-39-42(8,9)36(2,3)4)38-35(40-33)31-27-24-23-25-28-31/h23-29,32-34H,12-22,30H2,1-11H3/b29-26+/t32-,33+,34+/m0/s1. The van der Waals surface area contributed by atoms with E-state index < -0.39 is 16.6 Å². The summed E-state index contributed by atoms with van der Waals surface area (Å²) in [6, 6.07) is 10.2. The first-order valence-corrected chi connectivity index (χ1v) is 23.2. The number of allylic oxidation sites excluding steroid dienone is 1. The van der Waals surface area contributed by atoms with Crippen LogP contribution >= 0.6 is 0 Å². The highest BCUT2D eigenvalue weighted by Crippen LogP contribution is 2.40. The monoisotopic (exact) mass is 629 g/mol. The van der Waals surface area contributed by atoms with Gasteiger partial charge in [-0.3, -0.25) is 0 Å². The third-order valence-electron chi connectivity index (χ3n) is 9.96. The van der Waals surface area contributed by atoms with E-state index in [4.69, 9.17) is 18.6 Å². The van der Waals surface area contributed by atoms with E-state index in [1.54, 1.807) is 0 Å². The van der Waals surface area contributed by atoms with E-state index in [0.717, 1.165) is 12.0 Å². The zero-order chi connectivity index (χ0) is 32.2. The highest BCUT2D eigenvalue weighted by molar-refractivity contribution is 6.74. The molecule has 3 atom stereocenters. The summed E-state index contributed by atoms with van der Waals surface area (Å²) in [6.07, 6.45) is 18.9. The maximum atomic E-state index is 7.15. The second kappa shape index (κ2) is 17.5. The Kier molecular flexibility index (Phi) is 15.4. The Labute approximate surface area is 268 Å². The highest BCUT2D eigenvalue weighted by atomic mass is 28.4. The molecule has 4 nitrogen and oxygen atoms in total. The molecule has 0 amide bonds. The topological polar surface area (TPSA) is 40.0 Å². The van der Waals surface area contributed by atoms with Crippen molar-refractivity contribution in [3.05, 3.63) is 48.0 Å². The lowest BCUT2D eigenvalue weighted by Crippen LogP contribution is -2.55. The van der Waals surface area contributed by atoms with Gasteiger partial charge in [-0.05, 0) is 67.3 Å². The third-order valence-corrected chi connectivity index (χ3v) is 18.9. The molecule has 0 bridgehead atoms. The number of unbranched alkanes of at least 4 members (excludes halogenated alkanes) is 10. The van der Waals surface area contributed by atoms with Crippen LogP contribution in [0.3, 0.4) is 0 Å². The van der Waals surface area contributed by atoms with Gasteiger partial charge >= 0.3 is 0 Å². The molecule has 1 heterocycles. The summed E-state index contributed by atoms with van der Waals surface area (Å²) in [6.45, 7) is 26.0. The number of ether oxygens (including phenoxy) is 1. The van der Waals surface area contributed by atoms with Crippen LogP contribution in [-0.2, 0) is 13.6 Å². The van der Waals surface area contributed by atoms with Crippen LogP contribution in [0.1, 0.15) is 125 Å². The molecular formula is C37H67NO3Si2. The number of rotatable bonds is 18. The number of aliphatic imine (C=N–C) groups is 1. The molecule has 1 aromatic carbocycles. The summed E-state index contributed by atoms with van der Waals surface area (Å²) in [5.74, 6) is 0.702. The average Bonchev–Trinajstić information content (AvgIpc) is 2.92. The zero-order valence-electron chi connectivity index (χ0n) is 29.9. The Morgan fingerprint density at radius 2 is 1.30 bits per heavy atom. The predicted octanol–water partition coefficient (Wildman–Crippen LogP) is 11.5. The molecule has 2 rings (SSSR count). The van der Waals surface area contributed by atoms with Crippen molar-refractivity contribution in [2.24, 2.45) is 4.99 Å². The number of hydrogen-bond donors (Lipinski definition) is 0. The summed E-state index contributed by atoms with van der Waals surface area (Å²) in [5, 5.41) is 0.222. The second-order valence-corrected chi connectivity index (χ2v) is 25.3. The molecule has 1 aliphatic heterocycles. The van der Waals surface area contributed by atoms with Crippen molar-refractivity contribution in [2.75, 3.05) is 6.61 Å². The molecule has 0 aliphatic carbocycles. The molecule has 0 saturated carbocycles. The first-order chi connectivity index (χ1) is 20.1. The normalized spacial score (nSPS) is 20.3. The van der Waals surface area contributed by atoms with Crippen LogP contribution in [0.2, 0.25) is 36.3 Å². The Morgan fingerprint density at radius 3 is 1.84 bits per heavy atom. The number of hydrogen-bond acceptors (Lipinski definition) is 4. The predicted molar refractivity (Wildman–Crippen MR) is 192 cm³/mol. The van der Waals surface area contributed by atoms with Crippen LogP contribution in [-0.4, -0.2) is 47.4 Å². The van der Waals surface area contributed by atoms with Crippen LogP contribution in [0.5, 0.6) is 0 Å². The van der Waals surface area contributed by atoms with Gasteiger partial charge in [0.2, 0.25) is 5.90 Å². The lowest BCUT2D eigenvalue weighted by Gasteiger charge is -2.45. The molecule has 0 fully saturated rings. The van der Waals surface area contributed by atoms with Crippen molar-refractivity contribution in [2.45, 2.75) is 174 Å². The SMILES string of the molecule is CCCCCCCCCCCC/C=C/[C@H]1OC(c2ccccc2)=N[C@@H](CO[Si](C)(C)C(C)(C)C)[C@H]1O[Si](C)(C)C(C)(C)C. The van der Waals surface area contributed by atoms with Gasteiger partial charge in [0.05, 0.1) is 6.61 Å². The average molecular weight is 630 g/mol. The number of benzene rings is 1. The summed E-state index contributed by atoms with van der Waals surface area (Å²) in [4.78, 5) is 5.20. The van der Waals surface area contributed by atoms with Crippen LogP contribution in [0.4, 0.5) is 0 Å². The second-order valence-electron chi connectivity index (χ2n) is 15.8. The minimum absolute atomic E-state index is 0.0888. The molecule has 43 heavy (non-hydrogen) atoms. The molecule has 246 valence electrons. The van der Waals surface area contributed by atoms with E-state index in [1.807, 2.05) is 6.07 Å². The van der Waals surface area contributed by atoms with Gasteiger partial charge in [0.15, 0.2) is 16.6 Å². The van der Waals surface area contributed by atoms with Gasteiger partial charge in [-0.2, -0.15) is 0 Å². The van der Waals surface area contributed by atoms with E-state index in [9.17, 15) is 0 Å². The maximum Gasteiger partial charge on any atom is 0.217 e. The molecule has 1 aromatic rings. The summed E-state index contributed by atoms with van der Waals surface area (Å²) < 4.78 is 20.6. The van der Waals surface area contributed by atoms with Crippen LogP contribution in [0, 0.1) is 0 Å². The molecule has 0 aromatic heterocycles. The first-order valence-electron chi connectivity index (χ1n) is 17.4.